The summed E-state index contributed by atoms with van der Waals surface area (Å²) in [5.74, 6) is 0.410. The van der Waals surface area contributed by atoms with Crippen molar-refractivity contribution in [1.29, 1.82) is 0 Å². The first kappa shape index (κ1) is 18.2. The van der Waals surface area contributed by atoms with Crippen molar-refractivity contribution >= 4 is 7.82 Å². The Morgan fingerprint density at radius 2 is 2.00 bits per heavy atom. The second-order valence-electron chi connectivity index (χ2n) is 6.43. The number of rotatable bonds is 8. The van der Waals surface area contributed by atoms with Crippen molar-refractivity contribution in [3.8, 4) is 0 Å². The zero-order chi connectivity index (χ0) is 15.2. The summed E-state index contributed by atoms with van der Waals surface area (Å²) in [4.78, 5) is 18.6. The van der Waals surface area contributed by atoms with Crippen LogP contribution in [0.2, 0.25) is 0 Å². The Morgan fingerprint density at radius 3 is 2.55 bits per heavy atom. The molecule has 120 valence electrons. The average Bonchev–Trinajstić information content (AvgIpc) is 2.35. The molecule has 2 N–H and O–H groups in total. The van der Waals surface area contributed by atoms with Crippen molar-refractivity contribution in [3.63, 3.8) is 0 Å². The second kappa shape index (κ2) is 7.93. The van der Waals surface area contributed by atoms with Crippen LogP contribution in [-0.2, 0) is 9.09 Å². The fraction of sp³-hybridized carbons (Fsp3) is 1.00. The van der Waals surface area contributed by atoms with Gasteiger partial charge in [-0.1, -0.05) is 59.3 Å². The SMILES string of the molecule is CCCCCCC(C)C1(OP(=O)(O)O)CCCCC1C. The van der Waals surface area contributed by atoms with Gasteiger partial charge < -0.3 is 9.79 Å². The number of phosphoric acid groups is 1. The van der Waals surface area contributed by atoms with Gasteiger partial charge in [-0.25, -0.2) is 4.57 Å². The van der Waals surface area contributed by atoms with E-state index in [2.05, 4.69) is 20.8 Å². The Morgan fingerprint density at radius 1 is 1.30 bits per heavy atom. The monoisotopic (exact) mass is 306 g/mol. The van der Waals surface area contributed by atoms with Gasteiger partial charge >= 0.3 is 7.82 Å². The van der Waals surface area contributed by atoms with Crippen molar-refractivity contribution in [1.82, 2.24) is 0 Å². The van der Waals surface area contributed by atoms with Gasteiger partial charge in [-0.2, -0.15) is 0 Å². The summed E-state index contributed by atoms with van der Waals surface area (Å²) in [5.41, 5.74) is -0.635. The van der Waals surface area contributed by atoms with Crippen molar-refractivity contribution in [2.75, 3.05) is 0 Å². The lowest BCUT2D eigenvalue weighted by molar-refractivity contribution is -0.0795. The lowest BCUT2D eigenvalue weighted by Gasteiger charge is -2.46. The van der Waals surface area contributed by atoms with Crippen molar-refractivity contribution in [2.45, 2.75) is 84.2 Å². The minimum atomic E-state index is -4.44. The topological polar surface area (TPSA) is 66.8 Å². The third-order valence-corrected chi connectivity index (χ3v) is 5.48. The van der Waals surface area contributed by atoms with Crippen LogP contribution in [0.5, 0.6) is 0 Å². The van der Waals surface area contributed by atoms with Crippen LogP contribution in [0.25, 0.3) is 0 Å². The molecule has 5 heteroatoms. The highest BCUT2D eigenvalue weighted by Crippen LogP contribution is 2.53. The van der Waals surface area contributed by atoms with Crippen LogP contribution >= 0.6 is 7.82 Å². The van der Waals surface area contributed by atoms with Gasteiger partial charge in [0.05, 0.1) is 5.60 Å². The molecule has 0 heterocycles. The lowest BCUT2D eigenvalue weighted by Crippen LogP contribution is -2.47. The van der Waals surface area contributed by atoms with Gasteiger partial charge in [-0.15, -0.1) is 0 Å². The molecule has 0 aromatic carbocycles. The predicted molar refractivity (Wildman–Crippen MR) is 81.4 cm³/mol. The molecule has 1 aliphatic rings. The summed E-state index contributed by atoms with van der Waals surface area (Å²) >= 11 is 0. The maximum absolute atomic E-state index is 11.4. The van der Waals surface area contributed by atoms with Gasteiger partial charge in [0.25, 0.3) is 0 Å². The number of unbranched alkanes of at least 4 members (excludes halogenated alkanes) is 3. The zero-order valence-corrected chi connectivity index (χ0v) is 14.1. The van der Waals surface area contributed by atoms with Crippen LogP contribution in [0, 0.1) is 11.8 Å². The van der Waals surface area contributed by atoms with E-state index >= 15 is 0 Å². The normalized spacial score (nSPS) is 29.4. The van der Waals surface area contributed by atoms with Gasteiger partial charge in [0.2, 0.25) is 0 Å². The van der Waals surface area contributed by atoms with Gasteiger partial charge in [-0.05, 0) is 31.1 Å². The maximum atomic E-state index is 11.4. The molecule has 3 atom stereocenters. The highest BCUT2D eigenvalue weighted by atomic mass is 31.2. The molecule has 1 aliphatic carbocycles. The Bertz CT molecular complexity index is 328. The van der Waals surface area contributed by atoms with Crippen LogP contribution in [-0.4, -0.2) is 15.4 Å². The first-order chi connectivity index (χ1) is 9.32. The third kappa shape index (κ3) is 5.14. The van der Waals surface area contributed by atoms with E-state index in [1.54, 1.807) is 0 Å². The molecule has 1 fully saturated rings. The fourth-order valence-corrected chi connectivity index (χ4v) is 4.54. The highest BCUT2D eigenvalue weighted by molar-refractivity contribution is 7.46. The van der Waals surface area contributed by atoms with Crippen molar-refractivity contribution in [3.05, 3.63) is 0 Å². The molecule has 1 rings (SSSR count). The average molecular weight is 306 g/mol. The Kier molecular flexibility index (Phi) is 7.20. The van der Waals surface area contributed by atoms with Gasteiger partial charge in [0, 0.05) is 0 Å². The largest absolute Gasteiger partial charge is 0.470 e. The minimum Gasteiger partial charge on any atom is -0.303 e. The zero-order valence-electron chi connectivity index (χ0n) is 13.2. The van der Waals surface area contributed by atoms with Crippen molar-refractivity contribution < 1.29 is 18.9 Å². The Balaban J connectivity index is 2.73. The van der Waals surface area contributed by atoms with E-state index in [1.807, 2.05) is 0 Å². The minimum absolute atomic E-state index is 0.197. The Hall–Kier alpha value is 0.110. The predicted octanol–water partition coefficient (Wildman–Crippen LogP) is 4.65. The lowest BCUT2D eigenvalue weighted by atomic mass is 9.68. The quantitative estimate of drug-likeness (QED) is 0.506. The summed E-state index contributed by atoms with van der Waals surface area (Å²) in [6.07, 6.45) is 9.65. The summed E-state index contributed by atoms with van der Waals surface area (Å²) in [5, 5.41) is 0. The van der Waals surface area contributed by atoms with Gasteiger partial charge in [0.15, 0.2) is 0 Å². The van der Waals surface area contributed by atoms with E-state index < -0.39 is 13.4 Å². The molecule has 3 unspecified atom stereocenters. The Labute approximate surface area is 123 Å². The molecule has 0 saturated heterocycles. The molecule has 0 aromatic heterocycles. The van der Waals surface area contributed by atoms with Crippen molar-refractivity contribution in [2.24, 2.45) is 11.8 Å². The molecule has 4 nitrogen and oxygen atoms in total. The first-order valence-corrected chi connectivity index (χ1v) is 9.61. The van der Waals surface area contributed by atoms with E-state index in [0.717, 1.165) is 38.5 Å². The molecule has 20 heavy (non-hydrogen) atoms. The highest BCUT2D eigenvalue weighted by Gasteiger charge is 2.47. The van der Waals surface area contributed by atoms with E-state index in [-0.39, 0.29) is 11.8 Å². The standard InChI is InChI=1S/C15H31O4P/c1-4-5-6-7-10-13(2)15(19-20(16,17)18)12-9-8-11-14(15)3/h13-14H,4-12H2,1-3H3,(H2,16,17,18). The van der Waals surface area contributed by atoms with Crippen LogP contribution in [0.3, 0.4) is 0 Å². The van der Waals surface area contributed by atoms with E-state index in [4.69, 9.17) is 4.52 Å². The number of hydrogen-bond acceptors (Lipinski definition) is 2. The fourth-order valence-electron chi connectivity index (χ4n) is 3.64. The summed E-state index contributed by atoms with van der Waals surface area (Å²) in [6.45, 7) is 6.37. The third-order valence-electron chi connectivity index (χ3n) is 4.90. The molecule has 0 radical (unpaired) electrons. The van der Waals surface area contributed by atoms with E-state index in [9.17, 15) is 14.4 Å². The van der Waals surface area contributed by atoms with E-state index in [0.29, 0.717) is 0 Å². The molecule has 1 saturated carbocycles. The summed E-state index contributed by atoms with van der Waals surface area (Å²) in [6, 6.07) is 0. The van der Waals surface area contributed by atoms with Crippen LogP contribution in [0.15, 0.2) is 0 Å². The molecule has 0 spiro atoms. The molecular weight excluding hydrogens is 275 g/mol. The molecule has 0 bridgehead atoms. The molecular formula is C15H31O4P. The maximum Gasteiger partial charge on any atom is 0.470 e. The van der Waals surface area contributed by atoms with E-state index in [1.165, 1.54) is 19.3 Å². The molecule has 0 amide bonds. The number of phosphoric ester groups is 1. The van der Waals surface area contributed by atoms with Gasteiger partial charge in [-0.3, -0.25) is 4.52 Å². The molecule has 0 aromatic rings. The van der Waals surface area contributed by atoms with Crippen LogP contribution < -0.4 is 0 Å². The summed E-state index contributed by atoms with van der Waals surface area (Å²) < 4.78 is 16.8. The van der Waals surface area contributed by atoms with Crippen LogP contribution in [0.4, 0.5) is 0 Å². The summed E-state index contributed by atoms with van der Waals surface area (Å²) in [7, 11) is -4.44. The first-order valence-electron chi connectivity index (χ1n) is 8.08. The van der Waals surface area contributed by atoms with Crippen LogP contribution in [0.1, 0.15) is 78.6 Å². The smallest absolute Gasteiger partial charge is 0.303 e. The van der Waals surface area contributed by atoms with Gasteiger partial charge in [0.1, 0.15) is 0 Å². The molecule has 0 aliphatic heterocycles. The second-order valence-corrected chi connectivity index (χ2v) is 7.60. The number of hydrogen-bond donors (Lipinski definition) is 2.